The number of benzene rings is 1. The minimum atomic E-state index is -0.539. The van der Waals surface area contributed by atoms with Crippen molar-refractivity contribution >= 4 is 11.6 Å². The fourth-order valence-electron chi connectivity index (χ4n) is 2.54. The van der Waals surface area contributed by atoms with E-state index >= 15 is 0 Å². The number of hydrogen-bond donors (Lipinski definition) is 0. The van der Waals surface area contributed by atoms with Crippen LogP contribution in [0, 0.1) is 0 Å². The number of carbonyl (C=O) groups excluding carboxylic acids is 1. The smallest absolute Gasteiger partial charge is 0.267 e. The Balaban J connectivity index is 1.68. The molecule has 1 atom stereocenters. The molecule has 6 heteroatoms. The molecule has 0 radical (unpaired) electrons. The number of ether oxygens (including phenoxy) is 2. The lowest BCUT2D eigenvalue weighted by Crippen LogP contribution is -2.45. The van der Waals surface area contributed by atoms with Crippen LogP contribution < -0.4 is 4.74 Å². The van der Waals surface area contributed by atoms with Gasteiger partial charge in [0, 0.05) is 25.1 Å². The van der Waals surface area contributed by atoms with Crippen LogP contribution in [0.5, 0.6) is 5.75 Å². The number of nitrogens with zero attached hydrogens (tertiary/aromatic N) is 2. The molecular formula is C15H18N2O4. The van der Waals surface area contributed by atoms with Gasteiger partial charge < -0.3 is 19.2 Å². The van der Waals surface area contributed by atoms with Gasteiger partial charge in [0.1, 0.15) is 5.75 Å². The number of methoxy groups -OCH3 is 1. The summed E-state index contributed by atoms with van der Waals surface area (Å²) in [6, 6.07) is 7.60. The largest absolute Gasteiger partial charge is 0.496 e. The van der Waals surface area contributed by atoms with Gasteiger partial charge in [-0.2, -0.15) is 0 Å². The van der Waals surface area contributed by atoms with E-state index in [1.807, 2.05) is 24.3 Å². The maximum absolute atomic E-state index is 12.4. The molecule has 6 nitrogen and oxygen atoms in total. The Hall–Kier alpha value is -2.08. The summed E-state index contributed by atoms with van der Waals surface area (Å²) < 4.78 is 10.6. The first kappa shape index (κ1) is 13.9. The maximum Gasteiger partial charge on any atom is 0.267 e. The molecule has 21 heavy (non-hydrogen) atoms. The van der Waals surface area contributed by atoms with Crippen LogP contribution in [-0.2, 0) is 14.4 Å². The van der Waals surface area contributed by atoms with Crippen molar-refractivity contribution in [2.45, 2.75) is 12.5 Å². The van der Waals surface area contributed by atoms with Gasteiger partial charge in [-0.1, -0.05) is 17.3 Å². The van der Waals surface area contributed by atoms with E-state index in [4.69, 9.17) is 14.3 Å². The van der Waals surface area contributed by atoms with Crippen LogP contribution in [0.15, 0.2) is 29.4 Å². The molecule has 2 aliphatic heterocycles. The number of carbonyl (C=O) groups is 1. The zero-order valence-electron chi connectivity index (χ0n) is 11.9. The Labute approximate surface area is 123 Å². The number of morpholine rings is 1. The lowest BCUT2D eigenvalue weighted by atomic mass is 10.0. The van der Waals surface area contributed by atoms with Gasteiger partial charge in [-0.3, -0.25) is 4.79 Å². The normalized spacial score (nSPS) is 21.7. The number of para-hydroxylation sites is 1. The summed E-state index contributed by atoms with van der Waals surface area (Å²) >= 11 is 0. The molecule has 0 N–H and O–H groups in total. The summed E-state index contributed by atoms with van der Waals surface area (Å²) in [5, 5.41) is 4.07. The summed E-state index contributed by atoms with van der Waals surface area (Å²) in [7, 11) is 1.62. The average Bonchev–Trinajstić information content (AvgIpc) is 3.04. The Morgan fingerprint density at radius 1 is 1.33 bits per heavy atom. The first-order chi connectivity index (χ1) is 10.3. The topological polar surface area (TPSA) is 60.4 Å². The molecule has 1 fully saturated rings. The zero-order valence-corrected chi connectivity index (χ0v) is 11.9. The molecular weight excluding hydrogens is 272 g/mol. The number of rotatable bonds is 3. The van der Waals surface area contributed by atoms with Crippen LogP contribution in [0.1, 0.15) is 12.0 Å². The van der Waals surface area contributed by atoms with E-state index < -0.39 is 6.10 Å². The van der Waals surface area contributed by atoms with E-state index in [1.54, 1.807) is 12.0 Å². The molecule has 0 aromatic heterocycles. The Kier molecular flexibility index (Phi) is 4.06. The van der Waals surface area contributed by atoms with Gasteiger partial charge in [-0.15, -0.1) is 0 Å². The minimum absolute atomic E-state index is 0.0213. The van der Waals surface area contributed by atoms with Crippen molar-refractivity contribution in [3.05, 3.63) is 29.8 Å². The number of hydrogen-bond acceptors (Lipinski definition) is 5. The SMILES string of the molecule is COc1ccccc1C1=NOC(C(=O)N2CCOCC2)C1. The summed E-state index contributed by atoms with van der Waals surface area (Å²) in [5.74, 6) is 0.714. The third kappa shape index (κ3) is 2.85. The van der Waals surface area contributed by atoms with E-state index in [-0.39, 0.29) is 5.91 Å². The van der Waals surface area contributed by atoms with Crippen molar-refractivity contribution in [3.63, 3.8) is 0 Å². The Morgan fingerprint density at radius 3 is 2.86 bits per heavy atom. The molecule has 1 aromatic rings. The summed E-state index contributed by atoms with van der Waals surface area (Å²) in [6.45, 7) is 2.39. The van der Waals surface area contributed by atoms with E-state index in [1.165, 1.54) is 0 Å². The van der Waals surface area contributed by atoms with Gasteiger partial charge in [0.2, 0.25) is 6.10 Å². The van der Waals surface area contributed by atoms with Gasteiger partial charge in [0.25, 0.3) is 5.91 Å². The molecule has 1 saturated heterocycles. The van der Waals surface area contributed by atoms with Gasteiger partial charge in [-0.05, 0) is 12.1 Å². The number of amides is 1. The quantitative estimate of drug-likeness (QED) is 0.835. The highest BCUT2D eigenvalue weighted by Crippen LogP contribution is 2.25. The highest BCUT2D eigenvalue weighted by molar-refractivity contribution is 6.05. The van der Waals surface area contributed by atoms with Crippen molar-refractivity contribution in [1.82, 2.24) is 4.90 Å². The lowest BCUT2D eigenvalue weighted by molar-refractivity contribution is -0.146. The molecule has 112 valence electrons. The van der Waals surface area contributed by atoms with Crippen LogP contribution in [0.4, 0.5) is 0 Å². The molecule has 0 saturated carbocycles. The van der Waals surface area contributed by atoms with E-state index in [0.717, 1.165) is 17.0 Å². The predicted octanol–water partition coefficient (Wildman–Crippen LogP) is 1.05. The van der Waals surface area contributed by atoms with Crippen LogP contribution in [0.2, 0.25) is 0 Å². The van der Waals surface area contributed by atoms with Crippen LogP contribution >= 0.6 is 0 Å². The monoisotopic (exact) mass is 290 g/mol. The molecule has 1 amide bonds. The summed E-state index contributed by atoms with van der Waals surface area (Å²) in [4.78, 5) is 19.5. The molecule has 2 heterocycles. The van der Waals surface area contributed by atoms with Gasteiger partial charge in [-0.25, -0.2) is 0 Å². The molecule has 3 rings (SSSR count). The second-order valence-corrected chi connectivity index (χ2v) is 4.97. The second kappa shape index (κ2) is 6.13. The molecule has 2 aliphatic rings. The maximum atomic E-state index is 12.4. The van der Waals surface area contributed by atoms with Crippen LogP contribution in [0.3, 0.4) is 0 Å². The molecule has 0 spiro atoms. The fraction of sp³-hybridized carbons (Fsp3) is 0.467. The van der Waals surface area contributed by atoms with E-state index in [0.29, 0.717) is 32.7 Å². The van der Waals surface area contributed by atoms with E-state index in [9.17, 15) is 4.79 Å². The minimum Gasteiger partial charge on any atom is -0.496 e. The summed E-state index contributed by atoms with van der Waals surface area (Å²) in [6.07, 6.45) is -0.0701. The Bertz CT molecular complexity index is 552. The van der Waals surface area contributed by atoms with Crippen molar-refractivity contribution < 1.29 is 19.1 Å². The zero-order chi connectivity index (χ0) is 14.7. The first-order valence-electron chi connectivity index (χ1n) is 7.02. The highest BCUT2D eigenvalue weighted by Gasteiger charge is 2.33. The molecule has 1 unspecified atom stereocenters. The first-order valence-corrected chi connectivity index (χ1v) is 7.02. The van der Waals surface area contributed by atoms with Crippen LogP contribution in [0.25, 0.3) is 0 Å². The van der Waals surface area contributed by atoms with Gasteiger partial charge in [0.05, 0.1) is 26.0 Å². The molecule has 0 bridgehead atoms. The number of oxime groups is 1. The second-order valence-electron chi connectivity index (χ2n) is 4.97. The van der Waals surface area contributed by atoms with Gasteiger partial charge in [0.15, 0.2) is 0 Å². The molecule has 1 aromatic carbocycles. The van der Waals surface area contributed by atoms with Crippen LogP contribution in [-0.4, -0.2) is 56.0 Å². The average molecular weight is 290 g/mol. The van der Waals surface area contributed by atoms with Crippen molar-refractivity contribution in [1.29, 1.82) is 0 Å². The van der Waals surface area contributed by atoms with Crippen molar-refractivity contribution in [2.24, 2.45) is 5.16 Å². The van der Waals surface area contributed by atoms with Gasteiger partial charge >= 0.3 is 0 Å². The van der Waals surface area contributed by atoms with Crippen molar-refractivity contribution in [2.75, 3.05) is 33.4 Å². The lowest BCUT2D eigenvalue weighted by Gasteiger charge is -2.28. The third-order valence-corrected chi connectivity index (χ3v) is 3.68. The third-order valence-electron chi connectivity index (χ3n) is 3.68. The Morgan fingerprint density at radius 2 is 2.10 bits per heavy atom. The van der Waals surface area contributed by atoms with Crippen molar-refractivity contribution in [3.8, 4) is 5.75 Å². The predicted molar refractivity (Wildman–Crippen MR) is 76.4 cm³/mol. The standard InChI is InChI=1S/C15H18N2O4/c1-19-13-5-3-2-4-11(13)12-10-14(21-16-12)15(18)17-6-8-20-9-7-17/h2-5,14H,6-10H2,1H3. The molecule has 0 aliphatic carbocycles. The van der Waals surface area contributed by atoms with E-state index in [2.05, 4.69) is 5.16 Å². The summed E-state index contributed by atoms with van der Waals surface area (Å²) in [5.41, 5.74) is 1.62. The fourth-order valence-corrected chi connectivity index (χ4v) is 2.54. The highest BCUT2D eigenvalue weighted by atomic mass is 16.6.